The molecule has 80 valence electrons. The van der Waals surface area contributed by atoms with Crippen LogP contribution in [0.15, 0.2) is 12.2 Å². The van der Waals surface area contributed by atoms with E-state index in [4.69, 9.17) is 0 Å². The van der Waals surface area contributed by atoms with Crippen molar-refractivity contribution >= 4 is 15.8 Å². The predicted molar refractivity (Wildman–Crippen MR) is 52.6 cm³/mol. The highest BCUT2D eigenvalue weighted by Gasteiger charge is 2.29. The maximum absolute atomic E-state index is 11.4. The van der Waals surface area contributed by atoms with Gasteiger partial charge in [0, 0.05) is 6.08 Å². The second-order valence-electron chi connectivity index (χ2n) is 3.29. The number of esters is 1. The molecule has 0 aliphatic carbocycles. The molecule has 0 radical (unpaired) electrons. The number of rotatable bonds is 3. The molecule has 1 saturated heterocycles. The third-order valence-electron chi connectivity index (χ3n) is 2.32. The molecule has 0 aromatic heterocycles. The number of allylic oxidation sites excluding steroid dienone is 1. The zero-order chi connectivity index (χ0) is 10.6. The van der Waals surface area contributed by atoms with E-state index in [9.17, 15) is 13.2 Å². The number of hydrogen-bond donors (Lipinski definition) is 0. The van der Waals surface area contributed by atoms with Crippen molar-refractivity contribution in [2.24, 2.45) is 0 Å². The molecule has 1 heterocycles. The summed E-state index contributed by atoms with van der Waals surface area (Å²) in [6.45, 7) is 0. The zero-order valence-electron chi connectivity index (χ0n) is 8.10. The maximum Gasteiger partial charge on any atom is 0.330 e. The van der Waals surface area contributed by atoms with Crippen LogP contribution >= 0.6 is 0 Å². The SMILES string of the molecule is COC(=O)/C=C\CC1CCCS1(=O)=O. The summed E-state index contributed by atoms with van der Waals surface area (Å²) in [7, 11) is -1.60. The van der Waals surface area contributed by atoms with E-state index < -0.39 is 15.8 Å². The zero-order valence-corrected chi connectivity index (χ0v) is 8.92. The Morgan fingerprint density at radius 3 is 2.79 bits per heavy atom. The van der Waals surface area contributed by atoms with E-state index in [1.165, 1.54) is 13.2 Å². The Hall–Kier alpha value is -0.840. The Labute approximate surface area is 83.9 Å². The first-order chi connectivity index (χ1) is 6.56. The van der Waals surface area contributed by atoms with Crippen LogP contribution in [0.3, 0.4) is 0 Å². The second kappa shape index (κ2) is 4.59. The van der Waals surface area contributed by atoms with Gasteiger partial charge >= 0.3 is 5.97 Å². The number of carbonyl (C=O) groups is 1. The Morgan fingerprint density at radius 1 is 1.57 bits per heavy atom. The van der Waals surface area contributed by atoms with Gasteiger partial charge in [0.2, 0.25) is 0 Å². The first-order valence-electron chi connectivity index (χ1n) is 4.52. The average Bonchev–Trinajstić information content (AvgIpc) is 2.45. The minimum absolute atomic E-state index is 0.281. The topological polar surface area (TPSA) is 60.4 Å². The Bertz CT molecular complexity index is 329. The molecule has 0 amide bonds. The third kappa shape index (κ3) is 2.83. The van der Waals surface area contributed by atoms with Crippen LogP contribution in [0.1, 0.15) is 19.3 Å². The minimum Gasteiger partial charge on any atom is -0.466 e. The molecule has 0 aromatic carbocycles. The van der Waals surface area contributed by atoms with Crippen molar-refractivity contribution < 1.29 is 17.9 Å². The number of hydrogen-bond acceptors (Lipinski definition) is 4. The van der Waals surface area contributed by atoms with Gasteiger partial charge in [0.1, 0.15) is 0 Å². The van der Waals surface area contributed by atoms with E-state index in [1.807, 2.05) is 0 Å². The molecule has 5 heteroatoms. The normalized spacial score (nSPS) is 25.4. The summed E-state index contributed by atoms with van der Waals surface area (Å²) in [6, 6.07) is 0. The molecular weight excluding hydrogens is 204 g/mol. The predicted octanol–water partition coefficient (Wildman–Crippen LogP) is 0.683. The highest BCUT2D eigenvalue weighted by atomic mass is 32.2. The van der Waals surface area contributed by atoms with Crippen molar-refractivity contribution in [2.75, 3.05) is 12.9 Å². The maximum atomic E-state index is 11.4. The summed E-state index contributed by atoms with van der Waals surface area (Å²) < 4.78 is 27.1. The van der Waals surface area contributed by atoms with Gasteiger partial charge in [0.25, 0.3) is 0 Å². The van der Waals surface area contributed by atoms with Crippen molar-refractivity contribution in [3.63, 3.8) is 0 Å². The van der Waals surface area contributed by atoms with Crippen molar-refractivity contribution in [1.82, 2.24) is 0 Å². The van der Waals surface area contributed by atoms with Crippen LogP contribution in [0, 0.1) is 0 Å². The third-order valence-corrected chi connectivity index (χ3v) is 4.62. The van der Waals surface area contributed by atoms with E-state index >= 15 is 0 Å². The van der Waals surface area contributed by atoms with E-state index in [-0.39, 0.29) is 11.0 Å². The summed E-state index contributed by atoms with van der Waals surface area (Å²) in [5, 5.41) is -0.302. The van der Waals surface area contributed by atoms with Crippen molar-refractivity contribution in [2.45, 2.75) is 24.5 Å². The lowest BCUT2D eigenvalue weighted by Crippen LogP contribution is -2.14. The Kier molecular flexibility index (Phi) is 3.69. The van der Waals surface area contributed by atoms with E-state index in [0.717, 1.165) is 6.42 Å². The standard InChI is InChI=1S/C9H14O4S/c1-13-9(10)6-2-4-8-5-3-7-14(8,11)12/h2,6,8H,3-5,7H2,1H3/b6-2-. The van der Waals surface area contributed by atoms with E-state index in [0.29, 0.717) is 12.8 Å². The molecule has 4 nitrogen and oxygen atoms in total. The lowest BCUT2D eigenvalue weighted by atomic mass is 10.2. The van der Waals surface area contributed by atoms with Crippen LogP contribution in [0.25, 0.3) is 0 Å². The summed E-state index contributed by atoms with van der Waals surface area (Å²) in [4.78, 5) is 10.7. The molecule has 14 heavy (non-hydrogen) atoms. The monoisotopic (exact) mass is 218 g/mol. The largest absolute Gasteiger partial charge is 0.466 e. The lowest BCUT2D eigenvalue weighted by molar-refractivity contribution is -0.134. The van der Waals surface area contributed by atoms with E-state index in [2.05, 4.69) is 4.74 Å². The van der Waals surface area contributed by atoms with Crippen LogP contribution in [0.4, 0.5) is 0 Å². The molecule has 1 rings (SSSR count). The smallest absolute Gasteiger partial charge is 0.330 e. The molecule has 1 aliphatic rings. The van der Waals surface area contributed by atoms with Gasteiger partial charge < -0.3 is 4.74 Å². The molecule has 1 aliphatic heterocycles. The van der Waals surface area contributed by atoms with Crippen LogP contribution in [0.2, 0.25) is 0 Å². The fourth-order valence-corrected chi connectivity index (χ4v) is 3.34. The first kappa shape index (κ1) is 11.2. The number of ether oxygens (including phenoxy) is 1. The van der Waals surface area contributed by atoms with Crippen LogP contribution < -0.4 is 0 Å². The van der Waals surface area contributed by atoms with Gasteiger partial charge in [-0.05, 0) is 19.3 Å². The van der Waals surface area contributed by atoms with Gasteiger partial charge in [-0.3, -0.25) is 0 Å². The highest BCUT2D eigenvalue weighted by Crippen LogP contribution is 2.22. The number of methoxy groups -OCH3 is 1. The van der Waals surface area contributed by atoms with Gasteiger partial charge in [-0.1, -0.05) is 6.08 Å². The molecule has 1 fully saturated rings. The average molecular weight is 218 g/mol. The number of sulfone groups is 1. The lowest BCUT2D eigenvalue weighted by Gasteiger charge is -2.04. The molecular formula is C9H14O4S. The Balaban J connectivity index is 2.46. The fraction of sp³-hybridized carbons (Fsp3) is 0.667. The second-order valence-corrected chi connectivity index (χ2v) is 5.69. The van der Waals surface area contributed by atoms with Gasteiger partial charge in [0.15, 0.2) is 9.84 Å². The van der Waals surface area contributed by atoms with Crippen LogP contribution in [0.5, 0.6) is 0 Å². The van der Waals surface area contributed by atoms with Crippen molar-refractivity contribution in [1.29, 1.82) is 0 Å². The summed E-state index contributed by atoms with van der Waals surface area (Å²) in [6.07, 6.45) is 4.69. The molecule has 1 atom stereocenters. The van der Waals surface area contributed by atoms with Crippen LogP contribution in [-0.4, -0.2) is 32.5 Å². The van der Waals surface area contributed by atoms with Gasteiger partial charge in [-0.2, -0.15) is 0 Å². The number of carbonyl (C=O) groups excluding carboxylic acids is 1. The summed E-state index contributed by atoms with van der Waals surface area (Å²) in [5.74, 6) is -0.163. The fourth-order valence-electron chi connectivity index (χ4n) is 1.51. The van der Waals surface area contributed by atoms with Gasteiger partial charge in [-0.25, -0.2) is 13.2 Å². The molecule has 1 unspecified atom stereocenters. The minimum atomic E-state index is -2.90. The Morgan fingerprint density at radius 2 is 2.29 bits per heavy atom. The molecule has 0 N–H and O–H groups in total. The van der Waals surface area contributed by atoms with Gasteiger partial charge in [0.05, 0.1) is 18.1 Å². The molecule has 0 spiro atoms. The van der Waals surface area contributed by atoms with Gasteiger partial charge in [-0.15, -0.1) is 0 Å². The van der Waals surface area contributed by atoms with E-state index in [1.54, 1.807) is 6.08 Å². The van der Waals surface area contributed by atoms with Crippen molar-refractivity contribution in [3.05, 3.63) is 12.2 Å². The van der Waals surface area contributed by atoms with Crippen molar-refractivity contribution in [3.8, 4) is 0 Å². The molecule has 0 bridgehead atoms. The summed E-state index contributed by atoms with van der Waals surface area (Å²) in [5.41, 5.74) is 0. The molecule has 0 saturated carbocycles. The molecule has 0 aromatic rings. The quantitative estimate of drug-likeness (QED) is 0.516. The summed E-state index contributed by atoms with van der Waals surface area (Å²) >= 11 is 0. The van der Waals surface area contributed by atoms with Crippen LogP contribution in [-0.2, 0) is 19.4 Å². The highest BCUT2D eigenvalue weighted by molar-refractivity contribution is 7.92. The first-order valence-corrected chi connectivity index (χ1v) is 6.24.